The van der Waals surface area contributed by atoms with Crippen LogP contribution in [0.4, 0.5) is 0 Å². The van der Waals surface area contributed by atoms with Crippen LogP contribution in [0.15, 0.2) is 80.8 Å². The SMILES string of the molecule is O=C(c1ccco1)c1c(-c2ccncc2)oc2ccccc2c1=O. The molecule has 0 aliphatic carbocycles. The van der Waals surface area contributed by atoms with Crippen molar-refractivity contribution in [1.82, 2.24) is 4.98 Å². The second kappa shape index (κ2) is 5.62. The Morgan fingerprint density at radius 3 is 2.50 bits per heavy atom. The fraction of sp³-hybridized carbons (Fsp3) is 0. The normalized spacial score (nSPS) is 10.8. The maximum absolute atomic E-state index is 12.9. The number of hydrogen-bond donors (Lipinski definition) is 0. The average molecular weight is 317 g/mol. The first-order chi connectivity index (χ1) is 11.8. The summed E-state index contributed by atoms with van der Waals surface area (Å²) in [6, 6.07) is 13.3. The summed E-state index contributed by atoms with van der Waals surface area (Å²) < 4.78 is 11.1. The van der Waals surface area contributed by atoms with E-state index in [1.54, 1.807) is 54.9 Å². The highest BCUT2D eigenvalue weighted by molar-refractivity contribution is 6.11. The molecule has 0 bridgehead atoms. The van der Waals surface area contributed by atoms with E-state index in [1.165, 1.54) is 12.3 Å². The molecule has 0 saturated carbocycles. The number of ketones is 1. The van der Waals surface area contributed by atoms with Gasteiger partial charge in [-0.05, 0) is 36.4 Å². The van der Waals surface area contributed by atoms with E-state index in [9.17, 15) is 9.59 Å². The van der Waals surface area contributed by atoms with Crippen LogP contribution in [-0.4, -0.2) is 10.8 Å². The van der Waals surface area contributed by atoms with Gasteiger partial charge in [0.1, 0.15) is 16.9 Å². The van der Waals surface area contributed by atoms with Gasteiger partial charge >= 0.3 is 0 Å². The number of fused-ring (bicyclic) bond motifs is 1. The van der Waals surface area contributed by atoms with Crippen molar-refractivity contribution < 1.29 is 13.6 Å². The summed E-state index contributed by atoms with van der Waals surface area (Å²) >= 11 is 0. The summed E-state index contributed by atoms with van der Waals surface area (Å²) in [5.74, 6) is -0.207. The van der Waals surface area contributed by atoms with Crippen LogP contribution in [-0.2, 0) is 0 Å². The van der Waals surface area contributed by atoms with E-state index in [1.807, 2.05) is 0 Å². The van der Waals surface area contributed by atoms with Crippen LogP contribution in [0, 0.1) is 0 Å². The van der Waals surface area contributed by atoms with Gasteiger partial charge in [0.15, 0.2) is 5.76 Å². The van der Waals surface area contributed by atoms with Crippen LogP contribution in [0.25, 0.3) is 22.3 Å². The molecule has 4 rings (SSSR count). The Labute approximate surface area is 136 Å². The van der Waals surface area contributed by atoms with Gasteiger partial charge in [0, 0.05) is 18.0 Å². The van der Waals surface area contributed by atoms with Crippen molar-refractivity contribution >= 4 is 16.8 Å². The Balaban J connectivity index is 2.08. The van der Waals surface area contributed by atoms with Crippen LogP contribution >= 0.6 is 0 Å². The van der Waals surface area contributed by atoms with E-state index in [0.717, 1.165) is 0 Å². The van der Waals surface area contributed by atoms with E-state index < -0.39 is 5.78 Å². The number of furan rings is 1. The van der Waals surface area contributed by atoms with Gasteiger partial charge in [-0.15, -0.1) is 0 Å². The highest BCUT2D eigenvalue weighted by atomic mass is 16.3. The molecule has 4 aromatic rings. The molecule has 0 spiro atoms. The largest absolute Gasteiger partial charge is 0.461 e. The summed E-state index contributed by atoms with van der Waals surface area (Å²) in [5, 5.41) is 0.352. The molecule has 24 heavy (non-hydrogen) atoms. The number of pyridine rings is 1. The molecule has 0 unspecified atom stereocenters. The molecule has 3 aromatic heterocycles. The lowest BCUT2D eigenvalue weighted by Gasteiger charge is -2.08. The fourth-order valence-corrected chi connectivity index (χ4v) is 2.59. The molecule has 5 nitrogen and oxygen atoms in total. The monoisotopic (exact) mass is 317 g/mol. The standard InChI is InChI=1S/C19H11NO4/c21-17-13-4-1-2-5-14(13)24-19(12-7-9-20-10-8-12)16(17)18(22)15-6-3-11-23-15/h1-11H. The molecule has 0 fully saturated rings. The van der Waals surface area contributed by atoms with Gasteiger partial charge in [0.25, 0.3) is 0 Å². The van der Waals surface area contributed by atoms with Gasteiger partial charge in [0.2, 0.25) is 11.2 Å². The zero-order chi connectivity index (χ0) is 16.5. The first kappa shape index (κ1) is 14.1. The number of carbonyl (C=O) groups excluding carboxylic acids is 1. The highest BCUT2D eigenvalue weighted by Crippen LogP contribution is 2.27. The number of aromatic nitrogens is 1. The molecule has 0 aliphatic rings. The minimum absolute atomic E-state index is 0.0464. The minimum atomic E-state index is -0.508. The minimum Gasteiger partial charge on any atom is -0.461 e. The molecule has 0 saturated heterocycles. The molecule has 1 aromatic carbocycles. The molecule has 116 valence electrons. The predicted octanol–water partition coefficient (Wildman–Crippen LogP) is 3.68. The first-order valence-corrected chi connectivity index (χ1v) is 7.30. The number of rotatable bonds is 3. The molecule has 0 atom stereocenters. The second-order valence-corrected chi connectivity index (χ2v) is 5.17. The summed E-state index contributed by atoms with van der Waals surface area (Å²) in [7, 11) is 0. The maximum Gasteiger partial charge on any atom is 0.235 e. The van der Waals surface area contributed by atoms with E-state index in [-0.39, 0.29) is 22.5 Å². The third kappa shape index (κ3) is 2.23. The van der Waals surface area contributed by atoms with Crippen molar-refractivity contribution in [3.8, 4) is 11.3 Å². The van der Waals surface area contributed by atoms with E-state index in [4.69, 9.17) is 8.83 Å². The number of benzene rings is 1. The highest BCUT2D eigenvalue weighted by Gasteiger charge is 2.24. The zero-order valence-electron chi connectivity index (χ0n) is 12.4. The van der Waals surface area contributed by atoms with Gasteiger partial charge < -0.3 is 8.83 Å². The Morgan fingerprint density at radius 2 is 1.75 bits per heavy atom. The van der Waals surface area contributed by atoms with Crippen LogP contribution < -0.4 is 5.43 Å². The van der Waals surface area contributed by atoms with Gasteiger partial charge in [-0.2, -0.15) is 0 Å². The second-order valence-electron chi connectivity index (χ2n) is 5.17. The molecular formula is C19H11NO4. The predicted molar refractivity (Wildman–Crippen MR) is 87.9 cm³/mol. The van der Waals surface area contributed by atoms with Crippen LogP contribution in [0.1, 0.15) is 16.1 Å². The number of hydrogen-bond acceptors (Lipinski definition) is 5. The Hall–Kier alpha value is -3.47. The molecule has 5 heteroatoms. The smallest absolute Gasteiger partial charge is 0.235 e. The topological polar surface area (TPSA) is 73.3 Å². The Kier molecular flexibility index (Phi) is 3.31. The van der Waals surface area contributed by atoms with Crippen molar-refractivity contribution in [2.24, 2.45) is 0 Å². The fourth-order valence-electron chi connectivity index (χ4n) is 2.59. The lowest BCUT2D eigenvalue weighted by Crippen LogP contribution is -2.17. The van der Waals surface area contributed by atoms with E-state index in [0.29, 0.717) is 16.5 Å². The Morgan fingerprint density at radius 1 is 0.958 bits per heavy atom. The van der Waals surface area contributed by atoms with Crippen LogP contribution in [0.3, 0.4) is 0 Å². The van der Waals surface area contributed by atoms with Crippen molar-refractivity contribution in [3.63, 3.8) is 0 Å². The van der Waals surface area contributed by atoms with Crippen molar-refractivity contribution in [3.05, 3.63) is 88.7 Å². The summed E-state index contributed by atoms with van der Waals surface area (Å²) in [6.07, 6.45) is 4.54. The third-order valence-corrected chi connectivity index (χ3v) is 3.71. The van der Waals surface area contributed by atoms with Crippen molar-refractivity contribution in [1.29, 1.82) is 0 Å². The number of nitrogens with zero attached hydrogens (tertiary/aromatic N) is 1. The third-order valence-electron chi connectivity index (χ3n) is 3.71. The van der Waals surface area contributed by atoms with Crippen LogP contribution in [0.5, 0.6) is 0 Å². The average Bonchev–Trinajstić information content (AvgIpc) is 3.17. The lowest BCUT2D eigenvalue weighted by atomic mass is 10.0. The van der Waals surface area contributed by atoms with Gasteiger partial charge in [-0.25, -0.2) is 0 Å². The molecule has 0 radical (unpaired) electrons. The summed E-state index contributed by atoms with van der Waals surface area (Å²) in [6.45, 7) is 0. The lowest BCUT2D eigenvalue weighted by molar-refractivity contribution is 0.101. The molecular weight excluding hydrogens is 306 g/mol. The molecule has 0 amide bonds. The van der Waals surface area contributed by atoms with Gasteiger partial charge in [-0.3, -0.25) is 14.6 Å². The molecule has 0 aliphatic heterocycles. The number of carbonyl (C=O) groups is 1. The summed E-state index contributed by atoms with van der Waals surface area (Å²) in [5.41, 5.74) is 0.591. The number of para-hydroxylation sites is 1. The van der Waals surface area contributed by atoms with E-state index in [2.05, 4.69) is 4.98 Å². The first-order valence-electron chi connectivity index (χ1n) is 7.30. The van der Waals surface area contributed by atoms with Gasteiger partial charge in [0.05, 0.1) is 11.6 Å². The Bertz CT molecular complexity index is 1080. The van der Waals surface area contributed by atoms with Crippen molar-refractivity contribution in [2.75, 3.05) is 0 Å². The van der Waals surface area contributed by atoms with Crippen molar-refractivity contribution in [2.45, 2.75) is 0 Å². The summed E-state index contributed by atoms with van der Waals surface area (Å²) in [4.78, 5) is 29.7. The molecule has 0 N–H and O–H groups in total. The van der Waals surface area contributed by atoms with Gasteiger partial charge in [-0.1, -0.05) is 12.1 Å². The van der Waals surface area contributed by atoms with E-state index >= 15 is 0 Å². The molecule has 3 heterocycles. The quantitative estimate of drug-likeness (QED) is 0.539. The zero-order valence-corrected chi connectivity index (χ0v) is 12.4. The maximum atomic E-state index is 12.9. The van der Waals surface area contributed by atoms with Crippen LogP contribution in [0.2, 0.25) is 0 Å².